The molecule has 0 aliphatic heterocycles. The lowest BCUT2D eigenvalue weighted by molar-refractivity contribution is 0.0920. The predicted octanol–water partition coefficient (Wildman–Crippen LogP) is 6.23. The van der Waals surface area contributed by atoms with Crippen molar-refractivity contribution in [2.45, 2.75) is 59.8 Å². The molecule has 39 heavy (non-hydrogen) atoms. The number of hydrogen-bond acceptors (Lipinski definition) is 8. The van der Waals surface area contributed by atoms with Gasteiger partial charge >= 0.3 is 0 Å². The van der Waals surface area contributed by atoms with E-state index in [9.17, 15) is 35.1 Å². The fourth-order valence-electron chi connectivity index (χ4n) is 4.91. The lowest BCUT2D eigenvalue weighted by Gasteiger charge is -2.27. The average molecular weight is 537 g/mol. The van der Waals surface area contributed by atoms with E-state index in [4.69, 9.17) is 4.74 Å². The van der Waals surface area contributed by atoms with Crippen molar-refractivity contribution in [1.82, 2.24) is 0 Å². The molecule has 0 bridgehead atoms. The van der Waals surface area contributed by atoms with Crippen LogP contribution in [0.2, 0.25) is 0 Å². The van der Waals surface area contributed by atoms with E-state index in [0.29, 0.717) is 18.4 Å². The molecule has 0 aliphatic rings. The maximum absolute atomic E-state index is 13.3. The van der Waals surface area contributed by atoms with E-state index in [1.807, 2.05) is 6.92 Å². The highest BCUT2D eigenvalue weighted by atomic mass is 16.5. The summed E-state index contributed by atoms with van der Waals surface area (Å²) in [7, 11) is 1.33. The molecule has 0 radical (unpaired) electrons. The monoisotopic (exact) mass is 536 g/mol. The van der Waals surface area contributed by atoms with E-state index >= 15 is 0 Å². The van der Waals surface area contributed by atoms with Crippen molar-refractivity contribution in [3.8, 4) is 34.5 Å². The molecule has 3 rings (SSSR count). The molecule has 0 saturated carbocycles. The summed E-state index contributed by atoms with van der Waals surface area (Å²) in [5.41, 5.74) is -0.293. The maximum atomic E-state index is 13.3. The summed E-state index contributed by atoms with van der Waals surface area (Å²) in [5.74, 6) is -5.44. The van der Waals surface area contributed by atoms with E-state index in [-0.39, 0.29) is 45.6 Å². The second-order valence-corrected chi connectivity index (χ2v) is 9.79. The van der Waals surface area contributed by atoms with Crippen molar-refractivity contribution in [3.63, 3.8) is 0 Å². The molecule has 2 unspecified atom stereocenters. The van der Waals surface area contributed by atoms with Crippen LogP contribution in [0.5, 0.6) is 34.5 Å². The summed E-state index contributed by atoms with van der Waals surface area (Å²) < 4.78 is 5.41. The molecule has 0 saturated heterocycles. The third-order valence-electron chi connectivity index (χ3n) is 7.34. The molecule has 2 atom stereocenters. The quantitative estimate of drug-likeness (QED) is 0.151. The molecular weight excluding hydrogens is 500 g/mol. The molecular formula is C31H36O8. The van der Waals surface area contributed by atoms with Crippen molar-refractivity contribution < 1.29 is 39.9 Å². The normalized spacial score (nSPS) is 12.7. The van der Waals surface area contributed by atoms with Crippen molar-refractivity contribution in [1.29, 1.82) is 0 Å². The molecule has 0 spiro atoms. The molecule has 208 valence electrons. The van der Waals surface area contributed by atoms with Gasteiger partial charge in [0.05, 0.1) is 7.11 Å². The van der Waals surface area contributed by atoms with Crippen LogP contribution in [0.15, 0.2) is 30.3 Å². The van der Waals surface area contributed by atoms with Gasteiger partial charge in [0.15, 0.2) is 11.6 Å². The molecule has 5 N–H and O–H groups in total. The molecule has 0 fully saturated rings. The van der Waals surface area contributed by atoms with Crippen molar-refractivity contribution in [2.75, 3.05) is 7.11 Å². The second kappa shape index (κ2) is 11.7. The van der Waals surface area contributed by atoms with Gasteiger partial charge in [0, 0.05) is 40.5 Å². The first-order valence-corrected chi connectivity index (χ1v) is 13.0. The summed E-state index contributed by atoms with van der Waals surface area (Å²) in [6.07, 6.45) is 1.04. The lowest BCUT2D eigenvalue weighted by atomic mass is 9.78. The summed E-state index contributed by atoms with van der Waals surface area (Å²) in [6.45, 7) is 8.20. The minimum Gasteiger partial charge on any atom is -0.507 e. The van der Waals surface area contributed by atoms with Crippen LogP contribution in [0, 0.1) is 19.8 Å². The molecule has 3 aromatic rings. The van der Waals surface area contributed by atoms with Gasteiger partial charge in [0.1, 0.15) is 45.6 Å². The van der Waals surface area contributed by atoms with Crippen LogP contribution in [0.3, 0.4) is 0 Å². The third-order valence-corrected chi connectivity index (χ3v) is 7.34. The first kappa shape index (κ1) is 29.4. The van der Waals surface area contributed by atoms with E-state index in [1.165, 1.54) is 21.0 Å². The van der Waals surface area contributed by atoms with Gasteiger partial charge in [-0.2, -0.15) is 0 Å². The first-order valence-electron chi connectivity index (χ1n) is 13.0. The van der Waals surface area contributed by atoms with E-state index < -0.39 is 52.1 Å². The van der Waals surface area contributed by atoms with Gasteiger partial charge in [-0.25, -0.2) is 0 Å². The van der Waals surface area contributed by atoms with Crippen molar-refractivity contribution >= 4 is 11.6 Å². The average Bonchev–Trinajstić information content (AvgIpc) is 2.92. The van der Waals surface area contributed by atoms with Crippen LogP contribution in [-0.4, -0.2) is 44.2 Å². The Kier molecular flexibility index (Phi) is 8.79. The smallest absolute Gasteiger partial charge is 0.173 e. The van der Waals surface area contributed by atoms with Crippen molar-refractivity contribution in [3.05, 3.63) is 69.3 Å². The Labute approximate surface area is 228 Å². The number of ketones is 2. The van der Waals surface area contributed by atoms with Crippen LogP contribution in [0.1, 0.15) is 94.5 Å². The van der Waals surface area contributed by atoms with Crippen LogP contribution < -0.4 is 4.74 Å². The van der Waals surface area contributed by atoms with Gasteiger partial charge in [-0.15, -0.1) is 0 Å². The van der Waals surface area contributed by atoms with Crippen LogP contribution in [0.25, 0.3) is 0 Å². The number of rotatable bonds is 10. The SMILES string of the molecule is CCCC(=O)c1c(O)c(C(c2ccccc2)c2c(O)c(C)c(O)c(C(=O)C(C)CC)c2O)c(O)c(C)c1OC. The van der Waals surface area contributed by atoms with Crippen LogP contribution >= 0.6 is 0 Å². The summed E-state index contributed by atoms with van der Waals surface area (Å²) >= 11 is 0. The Balaban J connectivity index is 2.55. The maximum Gasteiger partial charge on any atom is 0.173 e. The Bertz CT molecular complexity index is 1410. The lowest BCUT2D eigenvalue weighted by Crippen LogP contribution is -2.15. The summed E-state index contributed by atoms with van der Waals surface area (Å²) in [6, 6.07) is 8.46. The third kappa shape index (κ3) is 4.99. The number of aromatic hydroxyl groups is 5. The summed E-state index contributed by atoms with van der Waals surface area (Å²) in [5, 5.41) is 56.6. The highest BCUT2D eigenvalue weighted by Crippen LogP contribution is 2.55. The zero-order chi connectivity index (χ0) is 29.2. The number of carbonyl (C=O) groups is 2. The molecule has 8 heteroatoms. The van der Waals surface area contributed by atoms with E-state index in [2.05, 4.69) is 0 Å². The van der Waals surface area contributed by atoms with Crippen LogP contribution in [0.4, 0.5) is 0 Å². The number of benzene rings is 3. The Morgan fingerprint density at radius 2 is 1.33 bits per heavy atom. The predicted molar refractivity (Wildman–Crippen MR) is 148 cm³/mol. The molecule has 3 aromatic carbocycles. The van der Waals surface area contributed by atoms with Gasteiger partial charge in [-0.3, -0.25) is 9.59 Å². The number of ether oxygens (including phenoxy) is 1. The van der Waals surface area contributed by atoms with Crippen molar-refractivity contribution in [2.24, 2.45) is 5.92 Å². The minimum atomic E-state index is -1.24. The number of phenols is 5. The van der Waals surface area contributed by atoms with E-state index in [1.54, 1.807) is 44.2 Å². The van der Waals surface area contributed by atoms with Gasteiger partial charge in [0.2, 0.25) is 0 Å². The Hall–Kier alpha value is -4.20. The van der Waals surface area contributed by atoms with Crippen LogP contribution in [-0.2, 0) is 0 Å². The summed E-state index contributed by atoms with van der Waals surface area (Å²) in [4.78, 5) is 26.4. The highest BCUT2D eigenvalue weighted by Gasteiger charge is 2.37. The molecule has 8 nitrogen and oxygen atoms in total. The molecule has 0 aliphatic carbocycles. The van der Waals surface area contributed by atoms with Gasteiger partial charge in [-0.1, -0.05) is 51.1 Å². The van der Waals surface area contributed by atoms with Gasteiger partial charge in [-0.05, 0) is 32.3 Å². The fraction of sp³-hybridized carbons (Fsp3) is 0.355. The zero-order valence-electron chi connectivity index (χ0n) is 23.1. The topological polar surface area (TPSA) is 145 Å². The molecule has 0 aromatic heterocycles. The van der Waals surface area contributed by atoms with E-state index in [0.717, 1.165) is 0 Å². The Morgan fingerprint density at radius 3 is 1.85 bits per heavy atom. The standard InChI is InChI=1S/C31H36O8/c1-7-12-19(32)21-29(37)23(28(36)17(5)31(21)39-6)20(18-13-10-9-11-14-18)22-26(34)16(4)27(35)24(30(22)38)25(33)15(3)8-2/h9-11,13-15,20,34-38H,7-8,12H2,1-6H3. The zero-order valence-corrected chi connectivity index (χ0v) is 23.1. The number of carbonyl (C=O) groups excluding carboxylic acids is 2. The highest BCUT2D eigenvalue weighted by molar-refractivity contribution is 6.05. The fourth-order valence-corrected chi connectivity index (χ4v) is 4.91. The van der Waals surface area contributed by atoms with Gasteiger partial charge in [0.25, 0.3) is 0 Å². The Morgan fingerprint density at radius 1 is 0.795 bits per heavy atom. The number of phenolic OH excluding ortho intramolecular Hbond substituents is 5. The second-order valence-electron chi connectivity index (χ2n) is 9.79. The minimum absolute atomic E-state index is 0.0157. The van der Waals surface area contributed by atoms with Gasteiger partial charge < -0.3 is 30.3 Å². The molecule has 0 amide bonds. The number of hydrogen-bond donors (Lipinski definition) is 5. The largest absolute Gasteiger partial charge is 0.507 e. The number of methoxy groups -OCH3 is 1. The first-order chi connectivity index (χ1) is 18.4. The number of Topliss-reactive ketones (excluding diaryl/α,β-unsaturated/α-hetero) is 2. The molecule has 0 heterocycles.